The van der Waals surface area contributed by atoms with Crippen molar-refractivity contribution < 1.29 is 14.3 Å². The first-order chi connectivity index (χ1) is 13.2. The van der Waals surface area contributed by atoms with Crippen molar-refractivity contribution >= 4 is 5.91 Å². The van der Waals surface area contributed by atoms with Gasteiger partial charge in [0, 0.05) is 5.56 Å². The van der Waals surface area contributed by atoms with E-state index in [9.17, 15) is 4.79 Å². The van der Waals surface area contributed by atoms with Crippen LogP contribution >= 0.6 is 0 Å². The van der Waals surface area contributed by atoms with Gasteiger partial charge in [-0.2, -0.15) is 0 Å². The molecule has 0 saturated heterocycles. The monoisotopic (exact) mass is 360 g/mol. The molecule has 5 heteroatoms. The number of nitrogens with one attached hydrogen (secondary N) is 1. The molecule has 1 unspecified atom stereocenters. The van der Waals surface area contributed by atoms with Crippen LogP contribution in [-0.4, -0.2) is 30.1 Å². The van der Waals surface area contributed by atoms with Gasteiger partial charge in [-0.05, 0) is 31.2 Å². The third-order valence-corrected chi connectivity index (χ3v) is 4.46. The lowest BCUT2D eigenvalue weighted by Crippen LogP contribution is -2.40. The lowest BCUT2D eigenvalue weighted by molar-refractivity contribution is 0.0788. The molecule has 0 spiro atoms. The Kier molecular flexibility index (Phi) is 4.75. The fourth-order valence-corrected chi connectivity index (χ4v) is 3.04. The fourth-order valence-electron chi connectivity index (χ4n) is 3.04. The summed E-state index contributed by atoms with van der Waals surface area (Å²) in [7, 11) is 0. The molecule has 4 rings (SSSR count). The number of carbonyl (C=O) groups is 1. The van der Waals surface area contributed by atoms with Crippen molar-refractivity contribution in [2.75, 3.05) is 13.2 Å². The molecule has 1 aromatic heterocycles. The normalized spacial score (nSPS) is 15.2. The summed E-state index contributed by atoms with van der Waals surface area (Å²) in [5.41, 5.74) is 3.14. The average molecular weight is 360 g/mol. The zero-order chi connectivity index (χ0) is 18.6. The fraction of sp³-hybridized carbons (Fsp3) is 0.182. The van der Waals surface area contributed by atoms with E-state index in [4.69, 9.17) is 9.47 Å². The SMILES string of the molecule is Cc1nc(-c2ccccc2)ccc1C(=O)NCC1COc2ccccc2O1. The number of rotatable bonds is 4. The quantitative estimate of drug-likeness (QED) is 0.772. The number of ether oxygens (including phenoxy) is 2. The van der Waals surface area contributed by atoms with E-state index in [1.54, 1.807) is 0 Å². The van der Waals surface area contributed by atoms with Gasteiger partial charge in [0.05, 0.1) is 23.5 Å². The van der Waals surface area contributed by atoms with Crippen molar-refractivity contribution in [2.24, 2.45) is 0 Å². The number of aryl methyl sites for hydroxylation is 1. The van der Waals surface area contributed by atoms with Crippen LogP contribution in [-0.2, 0) is 0 Å². The Hall–Kier alpha value is -3.34. The number of carbonyl (C=O) groups excluding carboxylic acids is 1. The Morgan fingerprint density at radius 2 is 1.78 bits per heavy atom. The van der Waals surface area contributed by atoms with E-state index in [0.717, 1.165) is 17.0 Å². The number of benzene rings is 2. The van der Waals surface area contributed by atoms with E-state index in [1.807, 2.05) is 73.7 Å². The first-order valence-electron chi connectivity index (χ1n) is 8.90. The first kappa shape index (κ1) is 17.1. The van der Waals surface area contributed by atoms with Gasteiger partial charge in [-0.3, -0.25) is 9.78 Å². The van der Waals surface area contributed by atoms with Crippen LogP contribution in [0.25, 0.3) is 11.3 Å². The third-order valence-electron chi connectivity index (χ3n) is 4.46. The number of para-hydroxylation sites is 2. The van der Waals surface area contributed by atoms with Crippen molar-refractivity contribution in [3.8, 4) is 22.8 Å². The molecule has 0 aliphatic carbocycles. The van der Waals surface area contributed by atoms with Crippen LogP contribution in [0.5, 0.6) is 11.5 Å². The van der Waals surface area contributed by atoms with Gasteiger partial charge < -0.3 is 14.8 Å². The lowest BCUT2D eigenvalue weighted by atomic mass is 10.1. The van der Waals surface area contributed by atoms with Gasteiger partial charge in [-0.15, -0.1) is 0 Å². The van der Waals surface area contributed by atoms with Crippen molar-refractivity contribution in [3.05, 3.63) is 78.0 Å². The number of nitrogens with zero attached hydrogens (tertiary/aromatic N) is 1. The predicted molar refractivity (Wildman–Crippen MR) is 103 cm³/mol. The highest BCUT2D eigenvalue weighted by Crippen LogP contribution is 2.30. The highest BCUT2D eigenvalue weighted by molar-refractivity contribution is 5.95. The molecule has 0 bridgehead atoms. The second-order valence-corrected chi connectivity index (χ2v) is 6.40. The van der Waals surface area contributed by atoms with Gasteiger partial charge in [0.25, 0.3) is 5.91 Å². The highest BCUT2D eigenvalue weighted by atomic mass is 16.6. The summed E-state index contributed by atoms with van der Waals surface area (Å²) in [5.74, 6) is 1.27. The maximum atomic E-state index is 12.6. The number of aromatic nitrogens is 1. The van der Waals surface area contributed by atoms with Crippen LogP contribution in [0.15, 0.2) is 66.7 Å². The minimum atomic E-state index is -0.222. The number of pyridine rings is 1. The van der Waals surface area contributed by atoms with Gasteiger partial charge in [0.15, 0.2) is 11.5 Å². The summed E-state index contributed by atoms with van der Waals surface area (Å²) in [4.78, 5) is 17.1. The Morgan fingerprint density at radius 1 is 1.04 bits per heavy atom. The Balaban J connectivity index is 1.40. The molecule has 27 heavy (non-hydrogen) atoms. The Bertz CT molecular complexity index is 957. The Labute approximate surface area is 158 Å². The van der Waals surface area contributed by atoms with E-state index in [2.05, 4.69) is 10.3 Å². The summed E-state index contributed by atoms with van der Waals surface area (Å²) < 4.78 is 11.5. The van der Waals surface area contributed by atoms with Crippen LogP contribution in [0.2, 0.25) is 0 Å². The zero-order valence-electron chi connectivity index (χ0n) is 15.0. The number of fused-ring (bicyclic) bond motifs is 1. The van der Waals surface area contributed by atoms with Crippen LogP contribution < -0.4 is 14.8 Å². The summed E-state index contributed by atoms with van der Waals surface area (Å²) >= 11 is 0. The van der Waals surface area contributed by atoms with Crippen LogP contribution in [0.4, 0.5) is 0 Å². The smallest absolute Gasteiger partial charge is 0.253 e. The van der Waals surface area contributed by atoms with Crippen LogP contribution in [0.1, 0.15) is 16.1 Å². The van der Waals surface area contributed by atoms with E-state index in [0.29, 0.717) is 30.2 Å². The van der Waals surface area contributed by atoms with E-state index < -0.39 is 0 Å². The van der Waals surface area contributed by atoms with Gasteiger partial charge in [-0.1, -0.05) is 42.5 Å². The summed E-state index contributed by atoms with van der Waals surface area (Å²) in [5, 5.41) is 2.92. The highest BCUT2D eigenvalue weighted by Gasteiger charge is 2.21. The molecule has 1 atom stereocenters. The standard InChI is InChI=1S/C22H20N2O3/c1-15-18(11-12-19(24-15)16-7-3-2-4-8-16)22(25)23-13-17-14-26-20-9-5-6-10-21(20)27-17/h2-12,17H,13-14H2,1H3,(H,23,25). The maximum absolute atomic E-state index is 12.6. The van der Waals surface area contributed by atoms with Crippen molar-refractivity contribution in [1.82, 2.24) is 10.3 Å². The van der Waals surface area contributed by atoms with Crippen LogP contribution in [0, 0.1) is 6.92 Å². The van der Waals surface area contributed by atoms with Crippen molar-refractivity contribution in [3.63, 3.8) is 0 Å². The van der Waals surface area contributed by atoms with Gasteiger partial charge >= 0.3 is 0 Å². The second-order valence-electron chi connectivity index (χ2n) is 6.40. The molecule has 136 valence electrons. The molecule has 3 aromatic rings. The molecule has 0 fully saturated rings. The molecule has 2 heterocycles. The van der Waals surface area contributed by atoms with Gasteiger partial charge in [-0.25, -0.2) is 0 Å². The third kappa shape index (κ3) is 3.77. The summed E-state index contributed by atoms with van der Waals surface area (Å²) in [6.07, 6.45) is -0.222. The molecule has 5 nitrogen and oxygen atoms in total. The Morgan fingerprint density at radius 3 is 2.56 bits per heavy atom. The number of hydrogen-bond acceptors (Lipinski definition) is 4. The lowest BCUT2D eigenvalue weighted by Gasteiger charge is -2.26. The topological polar surface area (TPSA) is 60.5 Å². The van der Waals surface area contributed by atoms with Crippen molar-refractivity contribution in [1.29, 1.82) is 0 Å². The molecule has 1 N–H and O–H groups in total. The second kappa shape index (κ2) is 7.50. The molecule has 1 aliphatic heterocycles. The minimum Gasteiger partial charge on any atom is -0.486 e. The maximum Gasteiger partial charge on any atom is 0.253 e. The minimum absolute atomic E-state index is 0.165. The van der Waals surface area contributed by atoms with Crippen LogP contribution in [0.3, 0.4) is 0 Å². The van der Waals surface area contributed by atoms with Crippen molar-refractivity contribution in [2.45, 2.75) is 13.0 Å². The average Bonchev–Trinajstić information content (AvgIpc) is 2.72. The summed E-state index contributed by atoms with van der Waals surface area (Å²) in [6.45, 7) is 2.62. The number of hydrogen-bond donors (Lipinski definition) is 1. The van der Waals surface area contributed by atoms with E-state index >= 15 is 0 Å². The molecular weight excluding hydrogens is 340 g/mol. The summed E-state index contributed by atoms with van der Waals surface area (Å²) in [6, 6.07) is 21.1. The van der Waals surface area contributed by atoms with E-state index in [-0.39, 0.29) is 12.0 Å². The van der Waals surface area contributed by atoms with Gasteiger partial charge in [0.1, 0.15) is 12.7 Å². The molecule has 1 aliphatic rings. The molecule has 2 aromatic carbocycles. The predicted octanol–water partition coefficient (Wildman–Crippen LogP) is 3.63. The zero-order valence-corrected chi connectivity index (χ0v) is 15.0. The number of amides is 1. The molecule has 0 saturated carbocycles. The first-order valence-corrected chi connectivity index (χ1v) is 8.90. The molecular formula is C22H20N2O3. The molecule has 1 amide bonds. The van der Waals surface area contributed by atoms with Gasteiger partial charge in [0.2, 0.25) is 0 Å². The molecule has 0 radical (unpaired) electrons. The van der Waals surface area contributed by atoms with E-state index in [1.165, 1.54) is 0 Å². The largest absolute Gasteiger partial charge is 0.486 e.